The molecule has 4 heteroatoms. The van der Waals surface area contributed by atoms with Gasteiger partial charge in [-0.05, 0) is 64.7 Å². The van der Waals surface area contributed by atoms with Gasteiger partial charge in [0.05, 0.1) is 0 Å². The Bertz CT molecular complexity index is 462. The molecule has 0 heterocycles. The van der Waals surface area contributed by atoms with Crippen LogP contribution in [0.3, 0.4) is 0 Å². The number of anilines is 1. The first-order valence-corrected chi connectivity index (χ1v) is 7.02. The molecule has 0 fully saturated rings. The van der Waals surface area contributed by atoms with E-state index in [0.717, 1.165) is 24.1 Å². The number of ether oxygens (including phenoxy) is 1. The summed E-state index contributed by atoms with van der Waals surface area (Å²) in [5, 5.41) is 2.80. The van der Waals surface area contributed by atoms with Crippen molar-refractivity contribution in [1.29, 1.82) is 0 Å². The molecule has 1 amide bonds. The van der Waals surface area contributed by atoms with Crippen LogP contribution in [-0.4, -0.2) is 17.7 Å². The number of benzene rings is 1. The van der Waals surface area contributed by atoms with Gasteiger partial charge >= 0.3 is 6.09 Å². The highest BCUT2D eigenvalue weighted by molar-refractivity contribution is 5.86. The largest absolute Gasteiger partial charge is 0.444 e. The van der Waals surface area contributed by atoms with Crippen molar-refractivity contribution < 1.29 is 9.53 Å². The van der Waals surface area contributed by atoms with Crippen LogP contribution >= 0.6 is 0 Å². The minimum Gasteiger partial charge on any atom is -0.444 e. The molecule has 0 spiro atoms. The van der Waals surface area contributed by atoms with Gasteiger partial charge in [-0.3, -0.25) is 5.32 Å². The number of carbonyl (C=O) groups is 1. The average Bonchev–Trinajstić information content (AvgIpc) is 2.27. The van der Waals surface area contributed by atoms with E-state index >= 15 is 0 Å². The van der Waals surface area contributed by atoms with Gasteiger partial charge in [0.1, 0.15) is 5.60 Å². The minimum atomic E-state index is -0.495. The van der Waals surface area contributed by atoms with E-state index < -0.39 is 11.7 Å². The second-order valence-electron chi connectivity index (χ2n) is 6.29. The first kappa shape index (κ1) is 16.5. The molecule has 0 aromatic heterocycles. The number of amides is 1. The Balaban J connectivity index is 2.73. The minimum absolute atomic E-state index is 0.179. The van der Waals surface area contributed by atoms with Crippen LogP contribution in [0.5, 0.6) is 0 Å². The number of aryl methyl sites for hydroxylation is 2. The summed E-state index contributed by atoms with van der Waals surface area (Å²) in [5.74, 6) is 0. The Hall–Kier alpha value is -1.55. The maximum absolute atomic E-state index is 11.8. The van der Waals surface area contributed by atoms with Crippen molar-refractivity contribution in [3.8, 4) is 0 Å². The molecule has 1 aromatic rings. The van der Waals surface area contributed by atoms with E-state index in [1.807, 2.05) is 46.8 Å². The predicted octanol–water partition coefficient (Wildman–Crippen LogP) is 3.62. The van der Waals surface area contributed by atoms with Gasteiger partial charge in [0, 0.05) is 11.7 Å². The van der Waals surface area contributed by atoms with Gasteiger partial charge in [-0.15, -0.1) is 0 Å². The fourth-order valence-corrected chi connectivity index (χ4v) is 1.77. The third-order valence-corrected chi connectivity index (χ3v) is 2.83. The lowest BCUT2D eigenvalue weighted by atomic mass is 10.0. The second kappa shape index (κ2) is 6.75. The first-order valence-electron chi connectivity index (χ1n) is 7.02. The van der Waals surface area contributed by atoms with Crippen LogP contribution in [-0.2, 0) is 11.2 Å². The third kappa shape index (κ3) is 6.06. The fraction of sp³-hybridized carbons (Fsp3) is 0.562. The molecule has 0 radical (unpaired) electrons. The molecule has 0 saturated heterocycles. The van der Waals surface area contributed by atoms with E-state index in [9.17, 15) is 4.79 Å². The molecule has 0 bridgehead atoms. The number of carbonyl (C=O) groups excluding carboxylic acids is 1. The molecule has 4 nitrogen and oxygen atoms in total. The lowest BCUT2D eigenvalue weighted by molar-refractivity contribution is 0.0636. The summed E-state index contributed by atoms with van der Waals surface area (Å²) in [6.45, 7) is 9.49. The summed E-state index contributed by atoms with van der Waals surface area (Å²) in [4.78, 5) is 11.8. The Morgan fingerprint density at radius 1 is 1.40 bits per heavy atom. The highest BCUT2D eigenvalue weighted by atomic mass is 16.6. The van der Waals surface area contributed by atoms with Crippen molar-refractivity contribution in [1.82, 2.24) is 0 Å². The van der Waals surface area contributed by atoms with Gasteiger partial charge in [-0.25, -0.2) is 4.79 Å². The van der Waals surface area contributed by atoms with Crippen molar-refractivity contribution >= 4 is 11.8 Å². The van der Waals surface area contributed by atoms with Crippen LogP contribution in [0.25, 0.3) is 0 Å². The lowest BCUT2D eigenvalue weighted by Crippen LogP contribution is -2.27. The zero-order valence-corrected chi connectivity index (χ0v) is 13.1. The maximum Gasteiger partial charge on any atom is 0.412 e. The van der Waals surface area contributed by atoms with Gasteiger partial charge in [0.15, 0.2) is 0 Å². The summed E-state index contributed by atoms with van der Waals surface area (Å²) < 4.78 is 5.26. The molecule has 0 saturated carbocycles. The molecule has 0 aliphatic carbocycles. The smallest absolute Gasteiger partial charge is 0.412 e. The molecule has 1 unspecified atom stereocenters. The topological polar surface area (TPSA) is 64.3 Å². The van der Waals surface area contributed by atoms with Gasteiger partial charge < -0.3 is 10.5 Å². The summed E-state index contributed by atoms with van der Waals surface area (Å²) >= 11 is 0. The van der Waals surface area contributed by atoms with E-state index in [1.54, 1.807) is 0 Å². The van der Waals surface area contributed by atoms with Crippen molar-refractivity contribution in [3.05, 3.63) is 29.3 Å². The van der Waals surface area contributed by atoms with Gasteiger partial charge in [0.2, 0.25) is 0 Å². The SMILES string of the molecule is Cc1ccc(CCC(C)N)cc1NC(=O)OC(C)(C)C. The van der Waals surface area contributed by atoms with Crippen molar-refractivity contribution in [2.24, 2.45) is 5.73 Å². The molecular weight excluding hydrogens is 252 g/mol. The first-order chi connectivity index (χ1) is 9.17. The van der Waals surface area contributed by atoms with Crippen LogP contribution in [0, 0.1) is 6.92 Å². The van der Waals surface area contributed by atoms with Gasteiger partial charge in [-0.1, -0.05) is 12.1 Å². The molecule has 3 N–H and O–H groups in total. The van der Waals surface area contributed by atoms with Crippen LogP contribution < -0.4 is 11.1 Å². The second-order valence-corrected chi connectivity index (χ2v) is 6.29. The summed E-state index contributed by atoms with van der Waals surface area (Å²) in [6, 6.07) is 6.24. The van der Waals surface area contributed by atoms with E-state index in [0.29, 0.717) is 0 Å². The van der Waals surface area contributed by atoms with E-state index in [-0.39, 0.29) is 6.04 Å². The van der Waals surface area contributed by atoms with Crippen LogP contribution in [0.15, 0.2) is 18.2 Å². The average molecular weight is 278 g/mol. The molecule has 0 aliphatic heterocycles. The Kier molecular flexibility index (Phi) is 5.57. The monoisotopic (exact) mass is 278 g/mol. The zero-order chi connectivity index (χ0) is 15.3. The molecule has 0 aliphatic rings. The summed E-state index contributed by atoms with van der Waals surface area (Å²) in [5.41, 5.74) is 8.25. The van der Waals surface area contributed by atoms with Crippen molar-refractivity contribution in [3.63, 3.8) is 0 Å². The van der Waals surface area contributed by atoms with Crippen LogP contribution in [0.4, 0.5) is 10.5 Å². The Morgan fingerprint density at radius 3 is 2.60 bits per heavy atom. The molecule has 1 aromatic carbocycles. The van der Waals surface area contributed by atoms with Gasteiger partial charge in [-0.2, -0.15) is 0 Å². The Morgan fingerprint density at radius 2 is 2.05 bits per heavy atom. The summed E-state index contributed by atoms with van der Waals surface area (Å²) in [7, 11) is 0. The third-order valence-electron chi connectivity index (χ3n) is 2.83. The highest BCUT2D eigenvalue weighted by Gasteiger charge is 2.16. The number of rotatable bonds is 4. The van der Waals surface area contributed by atoms with Crippen LogP contribution in [0.1, 0.15) is 45.2 Å². The van der Waals surface area contributed by atoms with Crippen molar-refractivity contribution in [2.45, 2.75) is 59.1 Å². The fourth-order valence-electron chi connectivity index (χ4n) is 1.77. The number of hydrogen-bond acceptors (Lipinski definition) is 3. The molecule has 20 heavy (non-hydrogen) atoms. The zero-order valence-electron chi connectivity index (χ0n) is 13.1. The number of nitrogens with two attached hydrogens (primary N) is 1. The Labute approximate surface area is 121 Å². The standard InChI is InChI=1S/C16H26N2O2/c1-11-6-8-13(9-7-12(2)17)10-14(11)18-15(19)20-16(3,4)5/h6,8,10,12H,7,9,17H2,1-5H3,(H,18,19). The predicted molar refractivity (Wildman–Crippen MR) is 83.0 cm³/mol. The van der Waals surface area contributed by atoms with Crippen LogP contribution in [0.2, 0.25) is 0 Å². The highest BCUT2D eigenvalue weighted by Crippen LogP contribution is 2.19. The normalized spacial score (nSPS) is 12.9. The van der Waals surface area contributed by atoms with E-state index in [2.05, 4.69) is 11.4 Å². The van der Waals surface area contributed by atoms with Crippen molar-refractivity contribution in [2.75, 3.05) is 5.32 Å². The van der Waals surface area contributed by atoms with E-state index in [4.69, 9.17) is 10.5 Å². The quantitative estimate of drug-likeness (QED) is 0.884. The molecule has 112 valence electrons. The molecule has 1 rings (SSSR count). The van der Waals surface area contributed by atoms with E-state index in [1.165, 1.54) is 5.56 Å². The summed E-state index contributed by atoms with van der Waals surface area (Å²) in [6.07, 6.45) is 1.40. The number of hydrogen-bond donors (Lipinski definition) is 2. The maximum atomic E-state index is 11.8. The molecular formula is C16H26N2O2. The number of nitrogens with one attached hydrogen (secondary N) is 1. The lowest BCUT2D eigenvalue weighted by Gasteiger charge is -2.20. The molecule has 1 atom stereocenters. The van der Waals surface area contributed by atoms with Gasteiger partial charge in [0.25, 0.3) is 0 Å².